The Morgan fingerprint density at radius 2 is 1.52 bits per heavy atom. The molecule has 10 atom stereocenters. The first-order chi connectivity index (χ1) is 27.6. The fraction of sp³-hybridized carbons (Fsp3) is 0.577. The van der Waals surface area contributed by atoms with Crippen LogP contribution in [0.3, 0.4) is 0 Å². The minimum Gasteiger partial charge on any atom is -0.469 e. The molecule has 6 aliphatic carbocycles. The third-order valence-electron chi connectivity index (χ3n) is 18.5. The van der Waals surface area contributed by atoms with Gasteiger partial charge in [-0.25, -0.2) is 9.18 Å². The van der Waals surface area contributed by atoms with E-state index in [4.69, 9.17) is 9.47 Å². The minimum absolute atomic E-state index is 0.00256. The van der Waals surface area contributed by atoms with Crippen molar-refractivity contribution in [3.63, 3.8) is 0 Å². The van der Waals surface area contributed by atoms with Crippen LogP contribution in [0.2, 0.25) is 0 Å². The molecule has 58 heavy (non-hydrogen) atoms. The monoisotopic (exact) mass is 785 g/mol. The number of hydrogen-bond acceptors (Lipinski definition) is 4. The number of aryl methyl sites for hydroxylation is 1. The Hall–Kier alpha value is -3.93. The molecule has 5 nitrogen and oxygen atoms in total. The van der Waals surface area contributed by atoms with Gasteiger partial charge in [0.1, 0.15) is 12.4 Å². The van der Waals surface area contributed by atoms with E-state index in [0.717, 1.165) is 63.4 Å². The lowest BCUT2D eigenvalue weighted by Crippen LogP contribution is -2.68. The summed E-state index contributed by atoms with van der Waals surface area (Å²) in [4.78, 5) is 27.5. The van der Waals surface area contributed by atoms with Gasteiger partial charge in [-0.15, -0.1) is 0 Å². The van der Waals surface area contributed by atoms with Crippen molar-refractivity contribution >= 4 is 17.6 Å². The number of halogens is 1. The fourth-order valence-electron chi connectivity index (χ4n) is 15.5. The summed E-state index contributed by atoms with van der Waals surface area (Å²) >= 11 is 0. The highest BCUT2D eigenvalue weighted by atomic mass is 19.1. The molecule has 4 fully saturated rings. The summed E-state index contributed by atoms with van der Waals surface area (Å²) in [7, 11) is 1.51. The first-order valence-corrected chi connectivity index (χ1v) is 22.3. The van der Waals surface area contributed by atoms with E-state index in [1.807, 2.05) is 13.0 Å². The number of esters is 1. The van der Waals surface area contributed by atoms with Crippen molar-refractivity contribution in [3.05, 3.63) is 101 Å². The Morgan fingerprint density at radius 3 is 2.19 bits per heavy atom. The van der Waals surface area contributed by atoms with E-state index in [-0.39, 0.29) is 69.8 Å². The Bertz CT molecular complexity index is 2130. The standard InChI is InChI=1S/C52H64FNO4/c1-31-17-18-33(29-42(31)53)40-22-24-49(5)43(48(40,3)4)23-25-51(7)44(49)20-19-41-45-34(32(2)46(55)57-8)21-26-52(45,28-27-50(41,51)6)54-47(56)58-30-39-37-15-11-9-13-35(37)36-14-10-12-16-38(36)39/h9-18,22,29,32,34,39,41,43-45H,19-21,23-28,30H2,1-8H3,(H,54,56)/t32?,34-,41+,43-,44+,45+,49-,50+,51+,52-/m0/s1. The van der Waals surface area contributed by atoms with Crippen LogP contribution in [-0.4, -0.2) is 31.3 Å². The van der Waals surface area contributed by atoms with E-state index in [1.54, 1.807) is 6.07 Å². The molecule has 3 aromatic rings. The van der Waals surface area contributed by atoms with E-state index < -0.39 is 5.54 Å². The molecule has 4 saturated carbocycles. The molecule has 0 bridgehead atoms. The Kier molecular flexibility index (Phi) is 9.41. The van der Waals surface area contributed by atoms with E-state index in [0.29, 0.717) is 23.3 Å². The molecule has 0 saturated heterocycles. The highest BCUT2D eigenvalue weighted by Gasteiger charge is 2.71. The van der Waals surface area contributed by atoms with Crippen molar-refractivity contribution in [2.75, 3.05) is 13.7 Å². The van der Waals surface area contributed by atoms with Gasteiger partial charge in [0, 0.05) is 11.5 Å². The van der Waals surface area contributed by atoms with Crippen LogP contribution in [0.5, 0.6) is 0 Å². The summed E-state index contributed by atoms with van der Waals surface area (Å²) < 4.78 is 26.6. The van der Waals surface area contributed by atoms with E-state index >= 15 is 0 Å². The van der Waals surface area contributed by atoms with Crippen molar-refractivity contribution in [2.24, 2.45) is 57.2 Å². The number of carbonyl (C=O) groups excluding carboxylic acids is 2. The van der Waals surface area contributed by atoms with Gasteiger partial charge in [0.15, 0.2) is 0 Å². The van der Waals surface area contributed by atoms with Crippen molar-refractivity contribution in [1.29, 1.82) is 0 Å². The molecule has 1 amide bonds. The van der Waals surface area contributed by atoms with Gasteiger partial charge in [-0.2, -0.15) is 0 Å². The van der Waals surface area contributed by atoms with E-state index in [9.17, 15) is 14.0 Å². The lowest BCUT2D eigenvalue weighted by molar-refractivity contribution is -0.221. The number of hydrogen-bond donors (Lipinski definition) is 1. The van der Waals surface area contributed by atoms with Gasteiger partial charge < -0.3 is 14.8 Å². The first-order valence-electron chi connectivity index (χ1n) is 22.3. The molecule has 9 rings (SSSR count). The van der Waals surface area contributed by atoms with Gasteiger partial charge in [-0.05, 0) is 161 Å². The number of amides is 1. The highest BCUT2D eigenvalue weighted by Crippen LogP contribution is 2.76. The van der Waals surface area contributed by atoms with Crippen LogP contribution in [-0.2, 0) is 14.3 Å². The van der Waals surface area contributed by atoms with Gasteiger partial charge in [-0.1, -0.05) is 108 Å². The maximum atomic E-state index is 14.9. The summed E-state index contributed by atoms with van der Waals surface area (Å²) in [5.41, 5.74) is 7.58. The maximum Gasteiger partial charge on any atom is 0.407 e. The van der Waals surface area contributed by atoms with Gasteiger partial charge in [0.25, 0.3) is 0 Å². The molecule has 0 aromatic heterocycles. The zero-order valence-corrected chi connectivity index (χ0v) is 36.1. The smallest absolute Gasteiger partial charge is 0.407 e. The van der Waals surface area contributed by atoms with Crippen LogP contribution in [0, 0.1) is 69.9 Å². The van der Waals surface area contributed by atoms with Crippen LogP contribution in [0.1, 0.15) is 128 Å². The van der Waals surface area contributed by atoms with E-state index in [1.165, 1.54) is 34.9 Å². The second-order valence-electron chi connectivity index (χ2n) is 20.8. The SMILES string of the molecule is COC(=O)C(C)[C@@H]1CC[C@]2(NC(=O)OCC3c4ccccc4-c4ccccc43)CC[C@]3(C)[C@H](CC[C@@H]4[C@@]5(C)CC=C(c6ccc(C)c(F)c6)C(C)(C)[C@@H]5CC[C@]43C)[C@@H]12. The van der Waals surface area contributed by atoms with Crippen molar-refractivity contribution in [2.45, 2.75) is 118 Å². The molecular weight excluding hydrogens is 722 g/mol. The molecule has 0 radical (unpaired) electrons. The van der Waals surface area contributed by atoms with Crippen molar-refractivity contribution < 1.29 is 23.5 Å². The Labute approximate surface area is 345 Å². The van der Waals surface area contributed by atoms with E-state index in [2.05, 4.69) is 108 Å². The summed E-state index contributed by atoms with van der Waals surface area (Å²) in [5.74, 6) is 1.11. The Balaban J connectivity index is 1.01. The number of fused-ring (bicyclic) bond motifs is 10. The van der Waals surface area contributed by atoms with Crippen LogP contribution in [0.4, 0.5) is 9.18 Å². The quantitative estimate of drug-likeness (QED) is 0.253. The normalized spacial score (nSPS) is 36.2. The average molecular weight is 786 g/mol. The third kappa shape index (κ3) is 5.58. The largest absolute Gasteiger partial charge is 0.469 e. The number of allylic oxidation sites excluding steroid dienone is 2. The summed E-state index contributed by atoms with van der Waals surface area (Å²) in [5, 5.41) is 3.59. The van der Waals surface area contributed by atoms with Gasteiger partial charge in [0.05, 0.1) is 13.0 Å². The topological polar surface area (TPSA) is 64.6 Å². The molecule has 0 spiro atoms. The number of benzene rings is 3. The lowest BCUT2D eigenvalue weighted by atomic mass is 9.33. The molecular formula is C52H64FNO4. The average Bonchev–Trinajstić information content (AvgIpc) is 3.73. The second kappa shape index (κ2) is 13.8. The van der Waals surface area contributed by atoms with Gasteiger partial charge in [0.2, 0.25) is 0 Å². The highest BCUT2D eigenvalue weighted by molar-refractivity contribution is 5.79. The van der Waals surface area contributed by atoms with Crippen LogP contribution in [0.15, 0.2) is 72.8 Å². The molecule has 1 N–H and O–H groups in total. The molecule has 1 unspecified atom stereocenters. The minimum atomic E-state index is -0.433. The zero-order chi connectivity index (χ0) is 41.0. The Morgan fingerprint density at radius 1 is 0.828 bits per heavy atom. The van der Waals surface area contributed by atoms with Gasteiger partial charge in [-0.3, -0.25) is 4.79 Å². The first kappa shape index (κ1) is 39.5. The molecule has 6 aliphatic rings. The predicted octanol–water partition coefficient (Wildman–Crippen LogP) is 12.3. The molecule has 3 aromatic carbocycles. The summed E-state index contributed by atoms with van der Waals surface area (Å²) in [6.45, 7) is 16.8. The molecule has 0 aliphatic heterocycles. The summed E-state index contributed by atoms with van der Waals surface area (Å²) in [6, 6.07) is 22.7. The number of alkyl carbamates (subject to hydrolysis) is 1. The number of methoxy groups -OCH3 is 1. The molecule has 308 valence electrons. The number of nitrogens with one attached hydrogen (secondary N) is 1. The van der Waals surface area contributed by atoms with Crippen LogP contribution >= 0.6 is 0 Å². The fourth-order valence-corrected chi connectivity index (χ4v) is 15.5. The summed E-state index contributed by atoms with van der Waals surface area (Å²) in [6.07, 6.45) is 11.3. The number of ether oxygens (including phenoxy) is 2. The predicted molar refractivity (Wildman–Crippen MR) is 228 cm³/mol. The zero-order valence-electron chi connectivity index (χ0n) is 36.1. The molecule has 0 heterocycles. The number of carbonyl (C=O) groups is 2. The van der Waals surface area contributed by atoms with Crippen LogP contribution < -0.4 is 5.32 Å². The number of rotatable bonds is 6. The maximum absolute atomic E-state index is 14.9. The lowest BCUT2D eigenvalue weighted by Gasteiger charge is -2.72. The van der Waals surface area contributed by atoms with Crippen molar-refractivity contribution in [3.8, 4) is 11.1 Å². The van der Waals surface area contributed by atoms with Gasteiger partial charge >= 0.3 is 12.1 Å². The third-order valence-corrected chi connectivity index (χ3v) is 18.5. The second-order valence-corrected chi connectivity index (χ2v) is 20.8. The molecule has 6 heteroatoms. The van der Waals surface area contributed by atoms with Crippen LogP contribution in [0.25, 0.3) is 16.7 Å². The van der Waals surface area contributed by atoms with Crippen molar-refractivity contribution in [1.82, 2.24) is 5.32 Å².